The molecule has 4 aromatic rings. The molecule has 0 radical (unpaired) electrons. The third-order valence-corrected chi connectivity index (χ3v) is 5.63. The van der Waals surface area contributed by atoms with E-state index in [4.69, 9.17) is 9.53 Å². The van der Waals surface area contributed by atoms with Crippen molar-refractivity contribution >= 4 is 41.1 Å². The van der Waals surface area contributed by atoms with Crippen LogP contribution in [0.4, 0.5) is 37.2 Å². The highest BCUT2D eigenvalue weighted by Crippen LogP contribution is 2.36. The van der Waals surface area contributed by atoms with Crippen LogP contribution in [0.15, 0.2) is 97.8 Å². The van der Waals surface area contributed by atoms with E-state index in [-0.39, 0.29) is 6.61 Å². The summed E-state index contributed by atoms with van der Waals surface area (Å²) in [5, 5.41) is 3.08. The lowest BCUT2D eigenvalue weighted by atomic mass is 10.2. The number of anilines is 5. The number of rotatable bonds is 10. The van der Waals surface area contributed by atoms with Gasteiger partial charge in [0.1, 0.15) is 18.6 Å². The smallest absolute Gasteiger partial charge is 0.218 e. The van der Waals surface area contributed by atoms with Gasteiger partial charge in [-0.25, -0.2) is 8.78 Å². The van der Waals surface area contributed by atoms with Crippen molar-refractivity contribution in [3.05, 3.63) is 115 Å². The van der Waals surface area contributed by atoms with Crippen LogP contribution in [0.2, 0.25) is 0 Å². The van der Waals surface area contributed by atoms with Crippen molar-refractivity contribution in [3.63, 3.8) is 0 Å². The summed E-state index contributed by atoms with van der Waals surface area (Å²) in [7, 11) is 3.70. The van der Waals surface area contributed by atoms with Crippen molar-refractivity contribution in [3.8, 4) is 5.75 Å². The van der Waals surface area contributed by atoms with Crippen molar-refractivity contribution in [2.24, 2.45) is 0 Å². The number of pyridine rings is 1. The van der Waals surface area contributed by atoms with E-state index in [0.29, 0.717) is 29.0 Å². The molecule has 1 N–H and O–H groups in total. The molecule has 9 heteroatoms. The Bertz CT molecular complexity index is 1410. The Kier molecular flexibility index (Phi) is 10.3. The van der Waals surface area contributed by atoms with Crippen molar-refractivity contribution in [1.82, 2.24) is 4.98 Å². The number of nitrogens with zero attached hydrogens (tertiary/aromatic N) is 3. The van der Waals surface area contributed by atoms with Crippen LogP contribution >= 0.6 is 0 Å². The number of aromatic nitrogens is 1. The lowest BCUT2D eigenvalue weighted by Gasteiger charge is -2.27. The molecule has 1 heterocycles. The Balaban J connectivity index is 0.000000983. The Morgan fingerprint density at radius 3 is 2.33 bits per heavy atom. The summed E-state index contributed by atoms with van der Waals surface area (Å²) < 4.78 is 32.2. The molecule has 0 unspecified atom stereocenters. The van der Waals surface area contributed by atoms with Gasteiger partial charge in [0, 0.05) is 31.7 Å². The second-order valence-electron chi connectivity index (χ2n) is 8.10. The van der Waals surface area contributed by atoms with E-state index < -0.39 is 11.6 Å². The Labute approximate surface area is 226 Å². The summed E-state index contributed by atoms with van der Waals surface area (Å²) in [4.78, 5) is 28.9. The maximum atomic E-state index is 13.4. The van der Waals surface area contributed by atoms with E-state index in [1.165, 1.54) is 12.1 Å². The quantitative estimate of drug-likeness (QED) is 0.189. The zero-order valence-electron chi connectivity index (χ0n) is 21.6. The Hall–Kier alpha value is -5.05. The van der Waals surface area contributed by atoms with Crippen molar-refractivity contribution in [2.45, 2.75) is 6.61 Å². The Morgan fingerprint density at radius 1 is 0.949 bits per heavy atom. The van der Waals surface area contributed by atoms with Crippen LogP contribution in [0.5, 0.6) is 5.75 Å². The van der Waals surface area contributed by atoms with Gasteiger partial charge in [-0.05, 0) is 72.3 Å². The first-order valence-electron chi connectivity index (χ1n) is 11.8. The molecule has 0 atom stereocenters. The molecule has 0 saturated carbocycles. The van der Waals surface area contributed by atoms with E-state index in [9.17, 15) is 13.6 Å². The van der Waals surface area contributed by atoms with Crippen LogP contribution in [-0.2, 0) is 16.2 Å². The van der Waals surface area contributed by atoms with E-state index >= 15 is 0 Å². The predicted octanol–water partition coefficient (Wildman–Crippen LogP) is 6.41. The number of benzene rings is 3. The van der Waals surface area contributed by atoms with E-state index in [0.717, 1.165) is 35.6 Å². The fourth-order valence-corrected chi connectivity index (χ4v) is 3.61. The van der Waals surface area contributed by atoms with Gasteiger partial charge in [0.15, 0.2) is 11.6 Å². The molecule has 0 aliphatic rings. The van der Waals surface area contributed by atoms with Gasteiger partial charge in [0.2, 0.25) is 6.41 Å². The second-order valence-corrected chi connectivity index (χ2v) is 8.10. The maximum absolute atomic E-state index is 13.4. The van der Waals surface area contributed by atoms with Gasteiger partial charge in [-0.3, -0.25) is 19.5 Å². The lowest BCUT2D eigenvalue weighted by molar-refractivity contribution is -0.107. The van der Waals surface area contributed by atoms with Gasteiger partial charge in [-0.2, -0.15) is 0 Å². The molecular formula is C30H28F2N4O3. The molecule has 0 aliphatic carbocycles. The predicted molar refractivity (Wildman–Crippen MR) is 150 cm³/mol. The molecular weight excluding hydrogens is 502 g/mol. The van der Waals surface area contributed by atoms with Crippen molar-refractivity contribution in [2.75, 3.05) is 29.2 Å². The molecule has 0 fully saturated rings. The summed E-state index contributed by atoms with van der Waals surface area (Å²) in [6.07, 6.45) is 5.94. The molecule has 0 spiro atoms. The number of allylic oxidation sites excluding steroid dienone is 1. The standard InChI is InChI=1S/C27H24F2N4O2.C3H4O/c1-30-20-4-3-5-22(15-20)33(18-34)26-12-13-31-16-27(26)32(2)21-7-9-23(10-8-21)35-17-19-6-11-24(28)25(29)14-19;1-2-3-4/h3-16,18,30H,17H2,1-2H3;2-3H,1H2. The monoisotopic (exact) mass is 530 g/mol. The number of nitrogens with one attached hydrogen (secondary N) is 1. The zero-order chi connectivity index (χ0) is 28.2. The highest BCUT2D eigenvalue weighted by Gasteiger charge is 2.17. The second kappa shape index (κ2) is 14.0. The van der Waals surface area contributed by atoms with E-state index in [1.807, 2.05) is 55.4 Å². The minimum atomic E-state index is -0.905. The van der Waals surface area contributed by atoms with Crippen LogP contribution in [-0.4, -0.2) is 31.8 Å². The molecule has 39 heavy (non-hydrogen) atoms. The average molecular weight is 531 g/mol. The summed E-state index contributed by atoms with van der Waals surface area (Å²) in [5.74, 6) is -1.21. The SMILES string of the molecule is C=CC=O.CNc1cccc(N(C=O)c2ccncc2N(C)c2ccc(OCc3ccc(F)c(F)c3)cc2)c1. The highest BCUT2D eigenvalue weighted by atomic mass is 19.2. The average Bonchev–Trinajstić information content (AvgIpc) is 2.98. The summed E-state index contributed by atoms with van der Waals surface area (Å²) >= 11 is 0. The minimum absolute atomic E-state index is 0.110. The van der Waals surface area contributed by atoms with Crippen LogP contribution in [0, 0.1) is 11.6 Å². The number of hydrogen-bond donors (Lipinski definition) is 1. The molecule has 4 rings (SSSR count). The molecule has 0 bridgehead atoms. The third-order valence-electron chi connectivity index (χ3n) is 5.63. The zero-order valence-corrected chi connectivity index (χ0v) is 21.6. The number of hydrogen-bond acceptors (Lipinski definition) is 6. The van der Waals surface area contributed by atoms with E-state index in [1.54, 1.807) is 35.5 Å². The van der Waals surface area contributed by atoms with E-state index in [2.05, 4.69) is 16.9 Å². The number of ether oxygens (including phenoxy) is 1. The number of carbonyl (C=O) groups excluding carboxylic acids is 2. The van der Waals surface area contributed by atoms with Gasteiger partial charge in [0.25, 0.3) is 0 Å². The van der Waals surface area contributed by atoms with Crippen molar-refractivity contribution < 1.29 is 23.1 Å². The molecule has 0 aliphatic heterocycles. The topological polar surface area (TPSA) is 74.8 Å². The van der Waals surface area contributed by atoms with Gasteiger partial charge >= 0.3 is 0 Å². The number of carbonyl (C=O) groups is 2. The molecule has 1 aromatic heterocycles. The fraction of sp³-hybridized carbons (Fsp3) is 0.100. The third kappa shape index (κ3) is 7.48. The first-order chi connectivity index (χ1) is 18.9. The number of halogens is 2. The minimum Gasteiger partial charge on any atom is -0.489 e. The molecule has 200 valence electrons. The summed E-state index contributed by atoms with van der Waals surface area (Å²) in [6.45, 7) is 3.22. The Morgan fingerprint density at radius 2 is 1.69 bits per heavy atom. The number of aldehydes is 1. The lowest BCUT2D eigenvalue weighted by Crippen LogP contribution is -2.19. The number of amides is 1. The molecule has 3 aromatic carbocycles. The highest BCUT2D eigenvalue weighted by molar-refractivity contribution is 5.93. The molecule has 0 saturated heterocycles. The molecule has 7 nitrogen and oxygen atoms in total. The first-order valence-corrected chi connectivity index (χ1v) is 11.8. The van der Waals surface area contributed by atoms with Crippen LogP contribution in [0.1, 0.15) is 5.56 Å². The van der Waals surface area contributed by atoms with Gasteiger partial charge in [-0.1, -0.05) is 18.7 Å². The molecule has 1 amide bonds. The van der Waals surface area contributed by atoms with Gasteiger partial charge in [-0.15, -0.1) is 0 Å². The van der Waals surface area contributed by atoms with Crippen LogP contribution in [0.25, 0.3) is 0 Å². The van der Waals surface area contributed by atoms with Crippen LogP contribution < -0.4 is 19.9 Å². The normalized spacial score (nSPS) is 9.95. The van der Waals surface area contributed by atoms with Gasteiger partial charge < -0.3 is 15.0 Å². The summed E-state index contributed by atoms with van der Waals surface area (Å²) in [5.41, 5.74) is 4.37. The fourth-order valence-electron chi connectivity index (χ4n) is 3.61. The van der Waals surface area contributed by atoms with Gasteiger partial charge in [0.05, 0.1) is 23.3 Å². The summed E-state index contributed by atoms with van der Waals surface area (Å²) in [6, 6.07) is 20.3. The first kappa shape index (κ1) is 28.5. The van der Waals surface area contributed by atoms with Crippen LogP contribution in [0.3, 0.4) is 0 Å². The largest absolute Gasteiger partial charge is 0.489 e. The van der Waals surface area contributed by atoms with Crippen molar-refractivity contribution in [1.29, 1.82) is 0 Å². The maximum Gasteiger partial charge on any atom is 0.218 e.